The summed E-state index contributed by atoms with van der Waals surface area (Å²) in [5.41, 5.74) is 1.69. The molecule has 1 aromatic rings. The quantitative estimate of drug-likeness (QED) is 0.237. The van der Waals surface area contributed by atoms with Gasteiger partial charge in [0.15, 0.2) is 5.75 Å². The van der Waals surface area contributed by atoms with Gasteiger partial charge in [0.25, 0.3) is 0 Å². The summed E-state index contributed by atoms with van der Waals surface area (Å²) in [5, 5.41) is 0. The minimum Gasteiger partial charge on any atom is -0.542 e. The van der Waals surface area contributed by atoms with E-state index in [2.05, 4.69) is 0 Å². The van der Waals surface area contributed by atoms with Crippen molar-refractivity contribution in [1.82, 2.24) is 0 Å². The van der Waals surface area contributed by atoms with Gasteiger partial charge in [-0.05, 0) is 62.8 Å². The average Bonchev–Trinajstić information content (AvgIpc) is 2.50. The Morgan fingerprint density at radius 2 is 1.80 bits per heavy atom. The normalized spacial score (nSPS) is 12.2. The average molecular weight is 362 g/mol. The fourth-order valence-electron chi connectivity index (χ4n) is 1.76. The van der Waals surface area contributed by atoms with E-state index in [1.54, 1.807) is 24.3 Å². The minimum atomic E-state index is -1.85. The van der Waals surface area contributed by atoms with Gasteiger partial charge in [0.2, 0.25) is 8.32 Å². The van der Waals surface area contributed by atoms with E-state index in [1.165, 1.54) is 13.0 Å². The molecule has 0 aliphatic rings. The number of ether oxygens (including phenoxy) is 2. The third kappa shape index (κ3) is 8.35. The van der Waals surface area contributed by atoms with E-state index >= 15 is 0 Å². The highest BCUT2D eigenvalue weighted by Gasteiger charge is 2.19. The lowest BCUT2D eigenvalue weighted by Gasteiger charge is -2.21. The zero-order chi connectivity index (χ0) is 19.0. The summed E-state index contributed by atoms with van der Waals surface area (Å²) in [5.74, 6) is 0.00783. The standard InChI is InChI=1S/C19H26O5Si/c1-7-14(2)13-22-19(21)11-9-16-8-10-17(24-25(4,5)6)18(12-16)23-15(3)20/h7-12H,13H2,1-6H3/b11-9+,14-7+. The van der Waals surface area contributed by atoms with Crippen molar-refractivity contribution >= 4 is 26.3 Å². The highest BCUT2D eigenvalue weighted by molar-refractivity contribution is 6.70. The van der Waals surface area contributed by atoms with Crippen LogP contribution >= 0.6 is 0 Å². The lowest BCUT2D eigenvalue weighted by Crippen LogP contribution is -2.29. The van der Waals surface area contributed by atoms with Crippen LogP contribution in [0, 0.1) is 0 Å². The molecule has 0 aliphatic heterocycles. The number of esters is 2. The molecule has 0 saturated heterocycles. The Kier molecular flexibility index (Phi) is 7.64. The first-order valence-corrected chi connectivity index (χ1v) is 11.5. The third-order valence-corrected chi connectivity index (χ3v) is 3.82. The molecule has 0 fully saturated rings. The smallest absolute Gasteiger partial charge is 0.331 e. The molecule has 0 unspecified atom stereocenters. The monoisotopic (exact) mass is 362 g/mol. The van der Waals surface area contributed by atoms with Gasteiger partial charge in [-0.25, -0.2) is 4.79 Å². The maximum atomic E-state index is 11.7. The van der Waals surface area contributed by atoms with Crippen LogP contribution < -0.4 is 9.16 Å². The van der Waals surface area contributed by atoms with Crippen LogP contribution in [0.4, 0.5) is 0 Å². The summed E-state index contributed by atoms with van der Waals surface area (Å²) >= 11 is 0. The van der Waals surface area contributed by atoms with E-state index in [0.717, 1.165) is 5.57 Å². The first-order chi connectivity index (χ1) is 11.6. The maximum absolute atomic E-state index is 11.7. The van der Waals surface area contributed by atoms with Gasteiger partial charge in [0.1, 0.15) is 12.4 Å². The predicted octanol–water partition coefficient (Wildman–Crippen LogP) is 4.35. The number of hydrogen-bond acceptors (Lipinski definition) is 5. The molecule has 0 aliphatic carbocycles. The van der Waals surface area contributed by atoms with E-state index < -0.39 is 20.3 Å². The summed E-state index contributed by atoms with van der Waals surface area (Å²) in [6, 6.07) is 5.20. The molecule has 0 amide bonds. The summed E-state index contributed by atoms with van der Waals surface area (Å²) in [6.07, 6.45) is 4.84. The van der Waals surface area contributed by atoms with Crippen LogP contribution in [0.3, 0.4) is 0 Å². The molecular formula is C19H26O5Si. The van der Waals surface area contributed by atoms with Crippen molar-refractivity contribution in [2.75, 3.05) is 6.61 Å². The second kappa shape index (κ2) is 9.22. The molecule has 5 nitrogen and oxygen atoms in total. The molecule has 0 N–H and O–H groups in total. The third-order valence-electron chi connectivity index (χ3n) is 2.98. The fraction of sp³-hybridized carbons (Fsp3) is 0.368. The van der Waals surface area contributed by atoms with E-state index in [0.29, 0.717) is 17.1 Å². The molecule has 0 spiro atoms. The van der Waals surface area contributed by atoms with E-state index in [-0.39, 0.29) is 6.61 Å². The number of carbonyl (C=O) groups is 2. The molecule has 0 aromatic heterocycles. The molecule has 6 heteroatoms. The Morgan fingerprint density at radius 3 is 2.36 bits per heavy atom. The van der Waals surface area contributed by atoms with Crippen LogP contribution in [0.5, 0.6) is 11.5 Å². The van der Waals surface area contributed by atoms with Crippen LogP contribution in [0.25, 0.3) is 6.08 Å². The fourth-order valence-corrected chi connectivity index (χ4v) is 2.59. The Hall–Kier alpha value is -2.34. The molecule has 1 aromatic carbocycles. The molecule has 0 bridgehead atoms. The topological polar surface area (TPSA) is 61.8 Å². The molecule has 25 heavy (non-hydrogen) atoms. The van der Waals surface area contributed by atoms with E-state index in [4.69, 9.17) is 13.9 Å². The van der Waals surface area contributed by atoms with Gasteiger partial charge in [-0.2, -0.15) is 0 Å². The Morgan fingerprint density at radius 1 is 1.12 bits per heavy atom. The zero-order valence-corrected chi connectivity index (χ0v) is 16.7. The minimum absolute atomic E-state index is 0.265. The number of allylic oxidation sites excluding steroid dienone is 1. The predicted molar refractivity (Wildman–Crippen MR) is 101 cm³/mol. The van der Waals surface area contributed by atoms with Crippen molar-refractivity contribution in [2.24, 2.45) is 0 Å². The molecule has 1 rings (SSSR count). The van der Waals surface area contributed by atoms with Gasteiger partial charge in [0.05, 0.1) is 0 Å². The van der Waals surface area contributed by atoms with Crippen LogP contribution in [0.1, 0.15) is 26.3 Å². The van der Waals surface area contributed by atoms with E-state index in [9.17, 15) is 9.59 Å². The van der Waals surface area contributed by atoms with Crippen LogP contribution in [0.15, 0.2) is 35.9 Å². The summed E-state index contributed by atoms with van der Waals surface area (Å²) in [6.45, 7) is 11.5. The molecule has 136 valence electrons. The highest BCUT2D eigenvalue weighted by Crippen LogP contribution is 2.31. The van der Waals surface area contributed by atoms with Crippen molar-refractivity contribution in [2.45, 2.75) is 40.4 Å². The van der Waals surface area contributed by atoms with Crippen molar-refractivity contribution in [3.05, 3.63) is 41.5 Å². The van der Waals surface area contributed by atoms with E-state index in [1.807, 2.05) is 39.6 Å². The first-order valence-electron chi connectivity index (χ1n) is 8.09. The second-order valence-electron chi connectivity index (χ2n) is 6.59. The molecular weight excluding hydrogens is 336 g/mol. The SMILES string of the molecule is C/C=C(\C)COC(=O)/C=C/c1ccc(O[Si](C)(C)C)c(OC(C)=O)c1. The van der Waals surface area contributed by atoms with Crippen molar-refractivity contribution in [3.63, 3.8) is 0 Å². The summed E-state index contributed by atoms with van der Waals surface area (Å²) < 4.78 is 16.3. The van der Waals surface area contributed by atoms with Crippen molar-refractivity contribution in [3.8, 4) is 11.5 Å². The van der Waals surface area contributed by atoms with Crippen LogP contribution in [-0.4, -0.2) is 26.9 Å². The van der Waals surface area contributed by atoms with Gasteiger partial charge in [0, 0.05) is 13.0 Å². The number of carbonyl (C=O) groups excluding carboxylic acids is 2. The van der Waals surface area contributed by atoms with Crippen molar-refractivity contribution in [1.29, 1.82) is 0 Å². The first kappa shape index (κ1) is 20.7. The lowest BCUT2D eigenvalue weighted by molar-refractivity contribution is -0.136. The summed E-state index contributed by atoms with van der Waals surface area (Å²) in [7, 11) is -1.85. The molecule has 0 heterocycles. The van der Waals surface area contributed by atoms with Crippen LogP contribution in [0.2, 0.25) is 19.6 Å². The zero-order valence-electron chi connectivity index (χ0n) is 15.7. The highest BCUT2D eigenvalue weighted by atomic mass is 28.4. The Labute approximate surface area is 150 Å². The molecule has 0 atom stereocenters. The summed E-state index contributed by atoms with van der Waals surface area (Å²) in [4.78, 5) is 23.0. The second-order valence-corrected chi connectivity index (χ2v) is 11.0. The van der Waals surface area contributed by atoms with Gasteiger partial charge >= 0.3 is 11.9 Å². The molecule has 0 saturated carbocycles. The lowest BCUT2D eigenvalue weighted by atomic mass is 10.2. The largest absolute Gasteiger partial charge is 0.542 e. The van der Waals surface area contributed by atoms with Gasteiger partial charge < -0.3 is 13.9 Å². The number of benzene rings is 1. The maximum Gasteiger partial charge on any atom is 0.331 e. The number of hydrogen-bond donors (Lipinski definition) is 0. The Balaban J connectivity index is 2.92. The number of rotatable bonds is 7. The van der Waals surface area contributed by atoms with Gasteiger partial charge in [-0.15, -0.1) is 0 Å². The van der Waals surface area contributed by atoms with Gasteiger partial charge in [-0.3, -0.25) is 4.79 Å². The Bertz CT molecular complexity index is 684. The van der Waals surface area contributed by atoms with Crippen molar-refractivity contribution < 1.29 is 23.5 Å². The molecule has 0 radical (unpaired) electrons. The van der Waals surface area contributed by atoms with Gasteiger partial charge in [-0.1, -0.05) is 12.1 Å². The van der Waals surface area contributed by atoms with Crippen LogP contribution in [-0.2, 0) is 14.3 Å².